The molecule has 33 heavy (non-hydrogen) atoms. The van der Waals surface area contributed by atoms with Crippen LogP contribution in [0.1, 0.15) is 30.1 Å². The van der Waals surface area contributed by atoms with Crippen LogP contribution in [0.5, 0.6) is 0 Å². The highest BCUT2D eigenvalue weighted by Gasteiger charge is 2.26. The molecular weight excluding hydrogens is 446 g/mol. The molecule has 2 N–H and O–H groups in total. The number of nitrogens with zero attached hydrogens (tertiary/aromatic N) is 1. The lowest BCUT2D eigenvalue weighted by atomic mass is 10.1. The lowest BCUT2D eigenvalue weighted by molar-refractivity contribution is -0.119. The lowest BCUT2D eigenvalue weighted by Crippen LogP contribution is -2.40. The van der Waals surface area contributed by atoms with Crippen molar-refractivity contribution in [2.75, 3.05) is 50.1 Å². The Morgan fingerprint density at radius 3 is 2.61 bits per heavy atom. The Hall–Kier alpha value is -2.95. The van der Waals surface area contributed by atoms with Crippen LogP contribution in [-0.2, 0) is 24.3 Å². The monoisotopic (exact) mass is 475 g/mol. The maximum absolute atomic E-state index is 12.8. The van der Waals surface area contributed by atoms with Crippen molar-refractivity contribution in [2.24, 2.45) is 0 Å². The fourth-order valence-corrected chi connectivity index (χ4v) is 4.75. The van der Waals surface area contributed by atoms with Crippen LogP contribution >= 0.6 is 0 Å². The van der Waals surface area contributed by atoms with Gasteiger partial charge in [-0.25, -0.2) is 13.2 Å². The Bertz CT molecular complexity index is 1070. The molecular formula is C23H29N3O6S. The summed E-state index contributed by atoms with van der Waals surface area (Å²) in [7, 11) is -3.69. The van der Waals surface area contributed by atoms with Gasteiger partial charge in [-0.3, -0.25) is 4.79 Å². The first-order valence-electron chi connectivity index (χ1n) is 10.9. The predicted molar refractivity (Wildman–Crippen MR) is 125 cm³/mol. The van der Waals surface area contributed by atoms with Gasteiger partial charge in [0.15, 0.2) is 6.61 Å². The number of hydrogen-bond donors (Lipinski definition) is 2. The highest BCUT2D eigenvalue weighted by atomic mass is 32.2. The Labute approximate surface area is 194 Å². The van der Waals surface area contributed by atoms with Gasteiger partial charge < -0.3 is 20.1 Å². The fraction of sp³-hybridized carbons (Fsp3) is 0.391. The van der Waals surface area contributed by atoms with Crippen LogP contribution in [0.25, 0.3) is 0 Å². The molecule has 1 amide bonds. The normalized spacial score (nSPS) is 14.5. The molecule has 0 aliphatic carbocycles. The molecule has 0 bridgehead atoms. The van der Waals surface area contributed by atoms with Crippen LogP contribution < -0.4 is 10.6 Å². The van der Waals surface area contributed by atoms with Gasteiger partial charge in [0, 0.05) is 31.0 Å². The zero-order valence-corrected chi connectivity index (χ0v) is 19.4. The highest BCUT2D eigenvalue weighted by molar-refractivity contribution is 7.89. The lowest BCUT2D eigenvalue weighted by Gasteiger charge is -2.26. The molecule has 10 heteroatoms. The van der Waals surface area contributed by atoms with Gasteiger partial charge >= 0.3 is 5.97 Å². The molecule has 3 rings (SSSR count). The van der Waals surface area contributed by atoms with Crippen molar-refractivity contribution in [2.45, 2.75) is 24.7 Å². The number of esters is 1. The summed E-state index contributed by atoms with van der Waals surface area (Å²) in [4.78, 5) is 24.9. The number of amides is 1. The predicted octanol–water partition coefficient (Wildman–Crippen LogP) is 2.72. The second-order valence-electron chi connectivity index (χ2n) is 7.49. The summed E-state index contributed by atoms with van der Waals surface area (Å²) in [6, 6.07) is 12.9. The zero-order chi connectivity index (χ0) is 23.7. The van der Waals surface area contributed by atoms with Crippen molar-refractivity contribution in [3.05, 3.63) is 54.1 Å². The van der Waals surface area contributed by atoms with E-state index in [0.29, 0.717) is 30.2 Å². The van der Waals surface area contributed by atoms with E-state index in [0.717, 1.165) is 19.4 Å². The number of morpholine rings is 1. The third-order valence-electron chi connectivity index (χ3n) is 5.05. The number of anilines is 2. The number of carbonyl (C=O) groups excluding carboxylic acids is 2. The molecule has 0 aromatic heterocycles. The van der Waals surface area contributed by atoms with Gasteiger partial charge in [-0.2, -0.15) is 4.31 Å². The Kier molecular flexibility index (Phi) is 8.81. The molecule has 1 fully saturated rings. The van der Waals surface area contributed by atoms with Crippen LogP contribution in [0.2, 0.25) is 0 Å². The van der Waals surface area contributed by atoms with E-state index in [9.17, 15) is 18.0 Å². The molecule has 2 aromatic carbocycles. The molecule has 1 aliphatic heterocycles. The van der Waals surface area contributed by atoms with Crippen LogP contribution in [0.4, 0.5) is 11.4 Å². The van der Waals surface area contributed by atoms with E-state index in [-0.39, 0.29) is 18.0 Å². The van der Waals surface area contributed by atoms with Crippen LogP contribution in [-0.4, -0.2) is 64.1 Å². The van der Waals surface area contributed by atoms with Crippen LogP contribution in [0.3, 0.4) is 0 Å². The summed E-state index contributed by atoms with van der Waals surface area (Å²) < 4.78 is 37.3. The summed E-state index contributed by atoms with van der Waals surface area (Å²) in [6.45, 7) is 3.56. The Morgan fingerprint density at radius 1 is 1.09 bits per heavy atom. The van der Waals surface area contributed by atoms with Gasteiger partial charge in [-0.05, 0) is 36.8 Å². The van der Waals surface area contributed by atoms with Crippen molar-refractivity contribution < 1.29 is 27.5 Å². The fourth-order valence-electron chi connectivity index (χ4n) is 3.29. The van der Waals surface area contributed by atoms with E-state index >= 15 is 0 Å². The summed E-state index contributed by atoms with van der Waals surface area (Å²) in [6.07, 6.45) is 1.99. The molecule has 2 aromatic rings. The number of carbonyl (C=O) groups is 2. The molecule has 0 saturated carbocycles. The standard InChI is InChI=1S/C23H29N3O6S/c1-2-3-11-24-21-10-5-4-9-20(21)23(28)32-17-22(27)25-18-7-6-8-19(16-18)33(29,30)26-12-14-31-15-13-26/h4-10,16,24H,2-3,11-15,17H2,1H3,(H,25,27). The van der Waals surface area contributed by atoms with Gasteiger partial charge in [-0.15, -0.1) is 0 Å². The zero-order valence-electron chi connectivity index (χ0n) is 18.6. The van der Waals surface area contributed by atoms with Gasteiger partial charge in [-0.1, -0.05) is 31.5 Å². The second-order valence-corrected chi connectivity index (χ2v) is 9.43. The van der Waals surface area contributed by atoms with Crippen molar-refractivity contribution in [3.8, 4) is 0 Å². The van der Waals surface area contributed by atoms with E-state index < -0.39 is 28.5 Å². The van der Waals surface area contributed by atoms with Gasteiger partial charge in [0.2, 0.25) is 10.0 Å². The number of rotatable bonds is 10. The third kappa shape index (κ3) is 6.77. The quantitative estimate of drug-likeness (QED) is 0.401. The average Bonchev–Trinajstić information content (AvgIpc) is 2.84. The Morgan fingerprint density at radius 2 is 1.85 bits per heavy atom. The largest absolute Gasteiger partial charge is 0.452 e. The third-order valence-corrected chi connectivity index (χ3v) is 6.95. The van der Waals surface area contributed by atoms with E-state index in [1.807, 2.05) is 6.07 Å². The molecule has 1 aliphatic rings. The van der Waals surface area contributed by atoms with Crippen molar-refractivity contribution in [1.82, 2.24) is 4.31 Å². The van der Waals surface area contributed by atoms with Crippen molar-refractivity contribution in [3.63, 3.8) is 0 Å². The van der Waals surface area contributed by atoms with E-state index in [2.05, 4.69) is 17.6 Å². The first-order valence-corrected chi connectivity index (χ1v) is 12.3. The first-order chi connectivity index (χ1) is 15.9. The minimum absolute atomic E-state index is 0.0753. The number of ether oxygens (including phenoxy) is 2. The van der Waals surface area contributed by atoms with Gasteiger partial charge in [0.25, 0.3) is 5.91 Å². The first kappa shape index (κ1) is 24.7. The summed E-state index contributed by atoms with van der Waals surface area (Å²) in [5, 5.41) is 5.78. The van der Waals surface area contributed by atoms with E-state index in [4.69, 9.17) is 9.47 Å². The smallest absolute Gasteiger partial charge is 0.340 e. The maximum atomic E-state index is 12.8. The minimum atomic E-state index is -3.69. The minimum Gasteiger partial charge on any atom is -0.452 e. The second kappa shape index (κ2) is 11.8. The number of sulfonamides is 1. The number of para-hydroxylation sites is 1. The van der Waals surface area contributed by atoms with Gasteiger partial charge in [0.05, 0.1) is 23.7 Å². The molecule has 1 saturated heterocycles. The molecule has 0 unspecified atom stereocenters. The SMILES string of the molecule is CCCCNc1ccccc1C(=O)OCC(=O)Nc1cccc(S(=O)(=O)N2CCOCC2)c1. The van der Waals surface area contributed by atoms with Crippen molar-refractivity contribution in [1.29, 1.82) is 0 Å². The summed E-state index contributed by atoms with van der Waals surface area (Å²) in [5.41, 5.74) is 1.30. The van der Waals surface area contributed by atoms with Gasteiger partial charge in [0.1, 0.15) is 0 Å². The van der Waals surface area contributed by atoms with Crippen LogP contribution in [0, 0.1) is 0 Å². The van der Waals surface area contributed by atoms with E-state index in [1.165, 1.54) is 16.4 Å². The molecule has 0 radical (unpaired) electrons. The Balaban J connectivity index is 1.58. The molecule has 1 heterocycles. The number of nitrogens with one attached hydrogen (secondary N) is 2. The number of benzene rings is 2. The number of unbranched alkanes of at least 4 members (excludes halogenated alkanes) is 1. The maximum Gasteiger partial charge on any atom is 0.340 e. The number of hydrogen-bond acceptors (Lipinski definition) is 7. The highest BCUT2D eigenvalue weighted by Crippen LogP contribution is 2.21. The topological polar surface area (TPSA) is 114 Å². The molecule has 9 nitrogen and oxygen atoms in total. The molecule has 0 atom stereocenters. The molecule has 0 spiro atoms. The van der Waals surface area contributed by atoms with Crippen molar-refractivity contribution >= 4 is 33.3 Å². The summed E-state index contributed by atoms with van der Waals surface area (Å²) >= 11 is 0. The summed E-state index contributed by atoms with van der Waals surface area (Å²) in [5.74, 6) is -1.19. The molecule has 178 valence electrons. The van der Waals surface area contributed by atoms with E-state index in [1.54, 1.807) is 30.3 Å². The van der Waals surface area contributed by atoms with Crippen LogP contribution in [0.15, 0.2) is 53.4 Å². The average molecular weight is 476 g/mol.